The van der Waals surface area contributed by atoms with Gasteiger partial charge in [-0.3, -0.25) is 0 Å². The van der Waals surface area contributed by atoms with Crippen molar-refractivity contribution in [1.29, 1.82) is 0 Å². The molecule has 1 aromatic heterocycles. The van der Waals surface area contributed by atoms with E-state index in [0.717, 1.165) is 11.3 Å². The van der Waals surface area contributed by atoms with Gasteiger partial charge in [0.1, 0.15) is 5.82 Å². The predicted molar refractivity (Wildman–Crippen MR) is 90.5 cm³/mol. The van der Waals surface area contributed by atoms with Crippen LogP contribution in [-0.2, 0) is 6.42 Å². The van der Waals surface area contributed by atoms with Crippen LogP contribution >= 0.6 is 23.2 Å². The average Bonchev–Trinajstić information content (AvgIpc) is 2.41. The molecule has 4 N–H and O–H groups in total. The van der Waals surface area contributed by atoms with E-state index < -0.39 is 0 Å². The number of hydrogen-bond acceptors (Lipinski definition) is 5. The molecule has 0 amide bonds. The Morgan fingerprint density at radius 3 is 2.73 bits per heavy atom. The minimum Gasteiger partial charge on any atom is -0.393 e. The molecule has 1 unspecified atom stereocenters. The molecule has 0 aliphatic rings. The number of hydrogen-bond donors (Lipinski definition) is 3. The van der Waals surface area contributed by atoms with Crippen LogP contribution in [-0.4, -0.2) is 27.7 Å². The molecule has 0 fully saturated rings. The third-order valence-electron chi connectivity index (χ3n) is 3.05. The Morgan fingerprint density at radius 2 is 2.05 bits per heavy atom. The van der Waals surface area contributed by atoms with Gasteiger partial charge in [0.15, 0.2) is 0 Å². The molecule has 0 saturated carbocycles. The molecule has 0 aliphatic heterocycles. The van der Waals surface area contributed by atoms with Gasteiger partial charge >= 0.3 is 0 Å². The molecule has 1 atom stereocenters. The smallest absolute Gasteiger partial charge is 0.222 e. The molecule has 2 aromatic rings. The lowest BCUT2D eigenvalue weighted by Gasteiger charge is -2.10. The minimum atomic E-state index is -0.362. The van der Waals surface area contributed by atoms with Crippen LogP contribution in [0, 0.1) is 0 Å². The molecule has 5 nitrogen and oxygen atoms in total. The Labute approximate surface area is 139 Å². The monoisotopic (exact) mass is 340 g/mol. The number of halogens is 2. The first-order valence-electron chi connectivity index (χ1n) is 6.93. The van der Waals surface area contributed by atoms with Crippen LogP contribution in [0.3, 0.4) is 0 Å². The number of nitrogens with one attached hydrogen (secondary N) is 1. The van der Waals surface area contributed by atoms with Crippen LogP contribution in [0.2, 0.25) is 10.0 Å². The van der Waals surface area contributed by atoms with Crippen molar-refractivity contribution in [1.82, 2.24) is 9.97 Å². The summed E-state index contributed by atoms with van der Waals surface area (Å²) in [4.78, 5) is 8.35. The molecule has 0 bridgehead atoms. The van der Waals surface area contributed by atoms with Gasteiger partial charge in [0.25, 0.3) is 0 Å². The Hall–Kier alpha value is -1.56. The van der Waals surface area contributed by atoms with Crippen molar-refractivity contribution in [3.8, 4) is 0 Å². The van der Waals surface area contributed by atoms with E-state index in [-0.39, 0.29) is 12.1 Å². The summed E-state index contributed by atoms with van der Waals surface area (Å²) in [6, 6.07) is 7.17. The van der Waals surface area contributed by atoms with E-state index in [2.05, 4.69) is 15.3 Å². The highest BCUT2D eigenvalue weighted by Gasteiger charge is 2.07. The third-order valence-corrected chi connectivity index (χ3v) is 3.64. The van der Waals surface area contributed by atoms with Crippen LogP contribution in [0.5, 0.6) is 0 Å². The van der Waals surface area contributed by atoms with Gasteiger partial charge in [-0.25, -0.2) is 4.98 Å². The lowest BCUT2D eigenvalue weighted by Crippen LogP contribution is -2.12. The summed E-state index contributed by atoms with van der Waals surface area (Å²) in [5.74, 6) is 0.829. The van der Waals surface area contributed by atoms with E-state index in [1.807, 2.05) is 12.1 Å². The van der Waals surface area contributed by atoms with Crippen molar-refractivity contribution in [3.05, 3.63) is 45.6 Å². The molecule has 0 radical (unpaired) electrons. The number of nitrogen functional groups attached to an aromatic ring is 1. The van der Waals surface area contributed by atoms with E-state index in [0.29, 0.717) is 35.2 Å². The number of nitrogens with two attached hydrogens (primary N) is 1. The standard InChI is InChI=1S/C15H18Cl2N4O/c1-9(22)4-5-19-14-8-12(20-15(18)21-14)6-10-2-3-11(16)7-13(10)17/h2-3,7-9,22H,4-6H2,1H3,(H3,18,19,20,21). The normalized spacial score (nSPS) is 12.2. The SMILES string of the molecule is CC(O)CCNc1cc(Cc2ccc(Cl)cc2Cl)nc(N)n1. The molecule has 2 rings (SSSR count). The van der Waals surface area contributed by atoms with E-state index in [1.165, 1.54) is 0 Å². The van der Waals surface area contributed by atoms with Gasteiger partial charge in [0.2, 0.25) is 5.95 Å². The fourth-order valence-corrected chi connectivity index (χ4v) is 2.44. The maximum absolute atomic E-state index is 9.26. The summed E-state index contributed by atoms with van der Waals surface area (Å²) in [6.45, 7) is 2.35. The topological polar surface area (TPSA) is 84.1 Å². The zero-order valence-electron chi connectivity index (χ0n) is 12.2. The van der Waals surface area contributed by atoms with Crippen molar-refractivity contribution in [2.24, 2.45) is 0 Å². The second kappa shape index (κ2) is 7.63. The summed E-state index contributed by atoms with van der Waals surface area (Å²) >= 11 is 12.1. The summed E-state index contributed by atoms with van der Waals surface area (Å²) < 4.78 is 0. The first-order chi connectivity index (χ1) is 10.4. The molecule has 22 heavy (non-hydrogen) atoms. The molecule has 1 aromatic carbocycles. The van der Waals surface area contributed by atoms with Crippen molar-refractivity contribution in [3.63, 3.8) is 0 Å². The van der Waals surface area contributed by atoms with Crippen LogP contribution < -0.4 is 11.1 Å². The lowest BCUT2D eigenvalue weighted by atomic mass is 10.1. The second-order valence-electron chi connectivity index (χ2n) is 5.08. The first kappa shape index (κ1) is 16.8. The molecular formula is C15H18Cl2N4O. The van der Waals surface area contributed by atoms with Gasteiger partial charge < -0.3 is 16.2 Å². The van der Waals surface area contributed by atoms with E-state index >= 15 is 0 Å². The Morgan fingerprint density at radius 1 is 1.27 bits per heavy atom. The molecule has 1 heterocycles. The zero-order chi connectivity index (χ0) is 16.1. The number of benzene rings is 1. The van der Waals surface area contributed by atoms with Crippen molar-refractivity contribution in [2.75, 3.05) is 17.6 Å². The molecule has 118 valence electrons. The zero-order valence-corrected chi connectivity index (χ0v) is 13.7. The summed E-state index contributed by atoms with van der Waals surface area (Å²) in [7, 11) is 0. The first-order valence-corrected chi connectivity index (χ1v) is 7.69. The Kier molecular flexibility index (Phi) is 5.83. The van der Waals surface area contributed by atoms with Crippen LogP contribution in [0.1, 0.15) is 24.6 Å². The molecule has 7 heteroatoms. The lowest BCUT2D eigenvalue weighted by molar-refractivity contribution is 0.188. The summed E-state index contributed by atoms with van der Waals surface area (Å²) in [5, 5.41) is 13.6. The van der Waals surface area contributed by atoms with E-state index in [4.69, 9.17) is 28.9 Å². The third kappa shape index (κ3) is 5.02. The number of anilines is 2. The maximum atomic E-state index is 9.26. The average molecular weight is 341 g/mol. The maximum Gasteiger partial charge on any atom is 0.222 e. The van der Waals surface area contributed by atoms with Gasteiger partial charge in [0, 0.05) is 29.1 Å². The highest BCUT2D eigenvalue weighted by atomic mass is 35.5. The van der Waals surface area contributed by atoms with Crippen molar-refractivity contribution < 1.29 is 5.11 Å². The van der Waals surface area contributed by atoms with E-state index in [9.17, 15) is 5.11 Å². The van der Waals surface area contributed by atoms with Gasteiger partial charge in [-0.15, -0.1) is 0 Å². The van der Waals surface area contributed by atoms with Crippen molar-refractivity contribution >= 4 is 35.0 Å². The molecule has 0 saturated heterocycles. The van der Waals surface area contributed by atoms with Crippen molar-refractivity contribution in [2.45, 2.75) is 25.9 Å². The molecule has 0 spiro atoms. The van der Waals surface area contributed by atoms with Crippen LogP contribution in [0.4, 0.5) is 11.8 Å². The summed E-state index contributed by atoms with van der Waals surface area (Å²) in [5.41, 5.74) is 7.42. The fourth-order valence-electron chi connectivity index (χ4n) is 1.97. The van der Waals surface area contributed by atoms with E-state index in [1.54, 1.807) is 19.1 Å². The molecule has 0 aliphatic carbocycles. The van der Waals surface area contributed by atoms with Gasteiger partial charge in [-0.2, -0.15) is 4.98 Å². The van der Waals surface area contributed by atoms with Gasteiger partial charge in [-0.1, -0.05) is 29.3 Å². The number of aliphatic hydroxyl groups is 1. The number of nitrogens with zero attached hydrogens (tertiary/aromatic N) is 2. The number of aliphatic hydroxyl groups excluding tert-OH is 1. The molecular weight excluding hydrogens is 323 g/mol. The highest BCUT2D eigenvalue weighted by molar-refractivity contribution is 6.35. The predicted octanol–water partition coefficient (Wildman–Crippen LogP) is 3.14. The Bertz CT molecular complexity index is 649. The summed E-state index contributed by atoms with van der Waals surface area (Å²) in [6.07, 6.45) is 0.801. The second-order valence-corrected chi connectivity index (χ2v) is 5.92. The largest absolute Gasteiger partial charge is 0.393 e. The quantitative estimate of drug-likeness (QED) is 0.752. The Balaban J connectivity index is 2.12. The minimum absolute atomic E-state index is 0.196. The highest BCUT2D eigenvalue weighted by Crippen LogP contribution is 2.23. The van der Waals surface area contributed by atoms with Crippen LogP contribution in [0.15, 0.2) is 24.3 Å². The van der Waals surface area contributed by atoms with Gasteiger partial charge in [-0.05, 0) is 31.0 Å². The fraction of sp³-hybridized carbons (Fsp3) is 0.333. The van der Waals surface area contributed by atoms with Gasteiger partial charge in [0.05, 0.1) is 11.8 Å². The number of aromatic nitrogens is 2. The van der Waals surface area contributed by atoms with Crippen LogP contribution in [0.25, 0.3) is 0 Å². The number of rotatable bonds is 6.